The second-order valence-electron chi connectivity index (χ2n) is 7.66. The Labute approximate surface area is 151 Å². The fourth-order valence-corrected chi connectivity index (χ4v) is 2.33. The van der Waals surface area contributed by atoms with E-state index in [0.29, 0.717) is 0 Å². The second-order valence-corrected chi connectivity index (χ2v) is 7.66. The normalized spacial score (nSPS) is 10.9. The van der Waals surface area contributed by atoms with Crippen LogP contribution in [0.1, 0.15) is 80.4 Å². The summed E-state index contributed by atoms with van der Waals surface area (Å²) in [4.78, 5) is 0. The minimum absolute atomic E-state index is 0.192. The predicted octanol–water partition coefficient (Wildman–Crippen LogP) is 8.00. The third kappa shape index (κ3) is 6.51. The summed E-state index contributed by atoms with van der Waals surface area (Å²) in [6.07, 6.45) is 0. The van der Waals surface area contributed by atoms with Gasteiger partial charge in [-0.05, 0) is 33.1 Å². The van der Waals surface area contributed by atoms with Gasteiger partial charge in [0.1, 0.15) is 0 Å². The fraction of sp³-hybridized carbons (Fsp3) is 0.500. The van der Waals surface area contributed by atoms with Gasteiger partial charge in [-0.3, -0.25) is 0 Å². The van der Waals surface area contributed by atoms with Crippen LogP contribution >= 0.6 is 0 Å². The first-order valence-electron chi connectivity index (χ1n) is 9.39. The summed E-state index contributed by atoms with van der Waals surface area (Å²) in [5, 5.41) is 0. The molecule has 0 fully saturated rings. The van der Waals surface area contributed by atoms with Crippen molar-refractivity contribution in [3.8, 4) is 11.1 Å². The molecule has 0 bridgehead atoms. The van der Waals surface area contributed by atoms with E-state index in [-0.39, 0.29) is 10.8 Å². The lowest BCUT2D eigenvalue weighted by Crippen LogP contribution is -2.11. The number of hydrogen-bond acceptors (Lipinski definition) is 0. The second kappa shape index (κ2) is 9.67. The molecular formula is C24H38. The van der Waals surface area contributed by atoms with E-state index in [0.717, 1.165) is 0 Å². The van der Waals surface area contributed by atoms with Gasteiger partial charge in [0.2, 0.25) is 0 Å². The molecule has 0 saturated carbocycles. The van der Waals surface area contributed by atoms with Crippen molar-refractivity contribution in [2.45, 2.75) is 80.1 Å². The molecular weight excluding hydrogens is 288 g/mol. The first kappa shape index (κ1) is 22.4. The highest BCUT2D eigenvalue weighted by Crippen LogP contribution is 2.30. The molecule has 134 valence electrons. The van der Waals surface area contributed by atoms with Gasteiger partial charge in [0.15, 0.2) is 0 Å². The molecule has 0 aromatic heterocycles. The Morgan fingerprint density at radius 2 is 0.792 bits per heavy atom. The van der Waals surface area contributed by atoms with Crippen LogP contribution in [0, 0.1) is 0 Å². The maximum Gasteiger partial charge on any atom is -0.0132 e. The topological polar surface area (TPSA) is 0 Å². The van der Waals surface area contributed by atoms with Crippen LogP contribution in [0.25, 0.3) is 11.1 Å². The van der Waals surface area contributed by atoms with Crippen LogP contribution in [0.15, 0.2) is 48.5 Å². The van der Waals surface area contributed by atoms with Crippen molar-refractivity contribution < 1.29 is 0 Å². The summed E-state index contributed by atoms with van der Waals surface area (Å²) >= 11 is 0. The number of rotatable bonds is 1. The molecule has 0 atom stereocenters. The van der Waals surface area contributed by atoms with Gasteiger partial charge >= 0.3 is 0 Å². The predicted molar refractivity (Wildman–Crippen MR) is 112 cm³/mol. The molecule has 0 aliphatic heterocycles. The molecule has 0 spiro atoms. The van der Waals surface area contributed by atoms with Gasteiger partial charge in [-0.25, -0.2) is 0 Å². The highest BCUT2D eigenvalue weighted by Gasteiger charge is 2.16. The lowest BCUT2D eigenvalue weighted by molar-refractivity contribution is 0.589. The molecule has 0 nitrogen and oxygen atoms in total. The van der Waals surface area contributed by atoms with E-state index in [4.69, 9.17) is 0 Å². The van der Waals surface area contributed by atoms with E-state index < -0.39 is 0 Å². The van der Waals surface area contributed by atoms with Crippen molar-refractivity contribution in [1.82, 2.24) is 0 Å². The Morgan fingerprint density at radius 1 is 0.500 bits per heavy atom. The lowest BCUT2D eigenvalue weighted by atomic mass is 9.83. The van der Waals surface area contributed by atoms with Crippen molar-refractivity contribution in [1.29, 1.82) is 0 Å². The zero-order chi connectivity index (χ0) is 19.0. The van der Waals surface area contributed by atoms with E-state index >= 15 is 0 Å². The van der Waals surface area contributed by atoms with Crippen LogP contribution in [0.5, 0.6) is 0 Å². The molecule has 0 aliphatic carbocycles. The van der Waals surface area contributed by atoms with Gasteiger partial charge in [-0.2, -0.15) is 0 Å². The van der Waals surface area contributed by atoms with Crippen LogP contribution in [0.2, 0.25) is 0 Å². The monoisotopic (exact) mass is 326 g/mol. The van der Waals surface area contributed by atoms with Crippen molar-refractivity contribution in [2.75, 3.05) is 0 Å². The largest absolute Gasteiger partial charge is 0.0683 e. The Hall–Kier alpha value is -1.56. The maximum absolute atomic E-state index is 2.32. The third-order valence-corrected chi connectivity index (χ3v) is 3.79. The van der Waals surface area contributed by atoms with Crippen molar-refractivity contribution >= 4 is 0 Å². The molecule has 0 unspecified atom stereocenters. The molecule has 2 rings (SSSR count). The SMILES string of the molecule is CC.CC.CC(C)(C)c1cccc(-c2cccc(C(C)(C)C)c2)c1. The van der Waals surface area contributed by atoms with E-state index in [1.54, 1.807) is 0 Å². The Bertz CT molecular complexity index is 536. The smallest absolute Gasteiger partial charge is 0.0132 e. The van der Waals surface area contributed by atoms with Crippen molar-refractivity contribution in [3.63, 3.8) is 0 Å². The summed E-state index contributed by atoms with van der Waals surface area (Å²) in [6, 6.07) is 17.8. The fourth-order valence-electron chi connectivity index (χ4n) is 2.33. The zero-order valence-electron chi connectivity index (χ0n) is 17.6. The summed E-state index contributed by atoms with van der Waals surface area (Å²) in [5.74, 6) is 0. The van der Waals surface area contributed by atoms with Gasteiger partial charge in [0.25, 0.3) is 0 Å². The van der Waals surface area contributed by atoms with Crippen LogP contribution in [-0.2, 0) is 10.8 Å². The van der Waals surface area contributed by atoms with Crippen molar-refractivity contribution in [2.24, 2.45) is 0 Å². The van der Waals surface area contributed by atoms with Gasteiger partial charge in [0.05, 0.1) is 0 Å². The van der Waals surface area contributed by atoms with Crippen LogP contribution in [-0.4, -0.2) is 0 Å². The van der Waals surface area contributed by atoms with Crippen LogP contribution in [0.4, 0.5) is 0 Å². The average Bonchev–Trinajstić information content (AvgIpc) is 2.57. The quantitative estimate of drug-likeness (QED) is 0.498. The molecule has 0 amide bonds. The van der Waals surface area contributed by atoms with Crippen LogP contribution in [0.3, 0.4) is 0 Å². The maximum atomic E-state index is 2.32. The molecule has 0 saturated heterocycles. The van der Waals surface area contributed by atoms with Gasteiger partial charge in [0, 0.05) is 0 Å². The van der Waals surface area contributed by atoms with Gasteiger partial charge < -0.3 is 0 Å². The highest BCUT2D eigenvalue weighted by atomic mass is 14.2. The van der Waals surface area contributed by atoms with Crippen molar-refractivity contribution in [3.05, 3.63) is 59.7 Å². The molecule has 0 aliphatic rings. The first-order valence-corrected chi connectivity index (χ1v) is 9.39. The summed E-state index contributed by atoms with van der Waals surface area (Å²) in [6.45, 7) is 21.6. The minimum Gasteiger partial charge on any atom is -0.0683 e. The first-order chi connectivity index (χ1) is 11.2. The Morgan fingerprint density at radius 3 is 1.04 bits per heavy atom. The molecule has 0 N–H and O–H groups in total. The summed E-state index contributed by atoms with van der Waals surface area (Å²) in [5.41, 5.74) is 5.77. The van der Waals surface area contributed by atoms with E-state index in [1.807, 2.05) is 27.7 Å². The van der Waals surface area contributed by atoms with Gasteiger partial charge in [-0.1, -0.05) is 118 Å². The third-order valence-electron chi connectivity index (χ3n) is 3.79. The molecule has 2 aromatic rings. The number of benzene rings is 2. The molecule has 0 heterocycles. The summed E-state index contributed by atoms with van der Waals surface area (Å²) in [7, 11) is 0. The summed E-state index contributed by atoms with van der Waals surface area (Å²) < 4.78 is 0. The molecule has 24 heavy (non-hydrogen) atoms. The Balaban J connectivity index is 0.00000123. The van der Waals surface area contributed by atoms with Gasteiger partial charge in [-0.15, -0.1) is 0 Å². The zero-order valence-corrected chi connectivity index (χ0v) is 17.6. The standard InChI is InChI=1S/C20H26.2C2H6/c1-19(2,3)17-11-7-9-15(13-17)16-10-8-12-18(14-16)20(4,5)6;2*1-2/h7-14H,1-6H3;2*1-2H3. The Kier molecular flexibility index (Phi) is 9.04. The molecule has 2 aromatic carbocycles. The average molecular weight is 327 g/mol. The minimum atomic E-state index is 0.192. The molecule has 0 heteroatoms. The highest BCUT2D eigenvalue weighted by molar-refractivity contribution is 5.65. The van der Waals surface area contributed by atoms with E-state index in [9.17, 15) is 0 Å². The molecule has 0 radical (unpaired) electrons. The number of hydrogen-bond donors (Lipinski definition) is 0. The lowest BCUT2D eigenvalue weighted by Gasteiger charge is -2.21. The van der Waals surface area contributed by atoms with E-state index in [1.165, 1.54) is 22.3 Å². The van der Waals surface area contributed by atoms with E-state index in [2.05, 4.69) is 90.1 Å². The van der Waals surface area contributed by atoms with Crippen LogP contribution < -0.4 is 0 Å².